The van der Waals surface area contributed by atoms with Gasteiger partial charge in [0.2, 0.25) is 0 Å². The maximum absolute atomic E-state index is 13.8. The van der Waals surface area contributed by atoms with Crippen molar-refractivity contribution >= 4 is 5.65 Å². The van der Waals surface area contributed by atoms with Gasteiger partial charge in [0.05, 0.1) is 11.4 Å². The van der Waals surface area contributed by atoms with E-state index in [1.54, 1.807) is 28.9 Å². The minimum Gasteiger partial charge on any atom is -0.488 e. The lowest BCUT2D eigenvalue weighted by Crippen LogP contribution is -2.11. The summed E-state index contributed by atoms with van der Waals surface area (Å²) >= 11 is 0. The van der Waals surface area contributed by atoms with Gasteiger partial charge in [0.15, 0.2) is 5.65 Å². The van der Waals surface area contributed by atoms with Crippen LogP contribution in [0.2, 0.25) is 0 Å². The van der Waals surface area contributed by atoms with Crippen LogP contribution in [-0.4, -0.2) is 14.6 Å². The zero-order valence-electron chi connectivity index (χ0n) is 12.9. The molecule has 0 saturated carbocycles. The second-order valence-corrected chi connectivity index (χ2v) is 5.87. The minimum atomic E-state index is -0.342. The first kappa shape index (κ1) is 14.1. The molecule has 3 heterocycles. The number of benzene rings is 2. The van der Waals surface area contributed by atoms with E-state index in [4.69, 9.17) is 4.74 Å². The summed E-state index contributed by atoms with van der Waals surface area (Å²) in [6.07, 6.45) is 1.72. The van der Waals surface area contributed by atoms with Gasteiger partial charge in [-0.15, -0.1) is 0 Å². The van der Waals surface area contributed by atoms with E-state index in [2.05, 4.69) is 10.1 Å². The molecule has 0 spiro atoms. The molecule has 0 bridgehead atoms. The van der Waals surface area contributed by atoms with Gasteiger partial charge in [-0.2, -0.15) is 5.10 Å². The fourth-order valence-electron chi connectivity index (χ4n) is 3.09. The van der Waals surface area contributed by atoms with E-state index < -0.39 is 0 Å². The summed E-state index contributed by atoms with van der Waals surface area (Å²) in [5, 5.41) is 4.61. The monoisotopic (exact) mass is 335 g/mol. The summed E-state index contributed by atoms with van der Waals surface area (Å²) in [6.45, 7) is 0.350. The van der Waals surface area contributed by atoms with Crippen LogP contribution in [0.1, 0.15) is 5.56 Å². The zero-order chi connectivity index (χ0) is 17.0. The van der Waals surface area contributed by atoms with Gasteiger partial charge in [0.1, 0.15) is 24.0 Å². The fraction of sp³-hybridized carbons (Fsp3) is 0.0526. The Morgan fingerprint density at radius 2 is 1.76 bits per heavy atom. The minimum absolute atomic E-state index is 0.301. The van der Waals surface area contributed by atoms with Crippen LogP contribution in [0.15, 0.2) is 54.7 Å². The molecule has 2 aromatic carbocycles. The molecule has 2 aromatic heterocycles. The normalized spacial score (nSPS) is 12.6. The van der Waals surface area contributed by atoms with E-state index in [0.29, 0.717) is 29.3 Å². The molecule has 25 heavy (non-hydrogen) atoms. The maximum atomic E-state index is 13.8. The van der Waals surface area contributed by atoms with Gasteiger partial charge in [0.25, 0.3) is 0 Å². The SMILES string of the molecule is Fc1ccc(-c2cc3ncc4c(n3n2)-c2cc(F)ccc2OC4)cc1. The maximum Gasteiger partial charge on any atom is 0.156 e. The molecule has 0 saturated heterocycles. The topological polar surface area (TPSA) is 39.4 Å². The van der Waals surface area contributed by atoms with Crippen LogP contribution in [0, 0.1) is 11.6 Å². The van der Waals surface area contributed by atoms with Crippen LogP contribution in [0.25, 0.3) is 28.2 Å². The molecule has 4 aromatic rings. The number of ether oxygens (including phenoxy) is 1. The molecule has 1 aliphatic rings. The van der Waals surface area contributed by atoms with E-state index >= 15 is 0 Å². The summed E-state index contributed by atoms with van der Waals surface area (Å²) in [6, 6.07) is 12.4. The molecule has 4 nitrogen and oxygen atoms in total. The van der Waals surface area contributed by atoms with Gasteiger partial charge in [-0.05, 0) is 42.5 Å². The van der Waals surface area contributed by atoms with E-state index in [1.165, 1.54) is 24.3 Å². The lowest BCUT2D eigenvalue weighted by molar-refractivity contribution is 0.300. The Labute approximate surface area is 141 Å². The first-order valence-electron chi connectivity index (χ1n) is 7.75. The van der Waals surface area contributed by atoms with Crippen molar-refractivity contribution in [1.29, 1.82) is 0 Å². The average Bonchev–Trinajstić information content (AvgIpc) is 3.06. The molecule has 0 fully saturated rings. The highest BCUT2D eigenvalue weighted by molar-refractivity contribution is 5.75. The molecule has 0 amide bonds. The first-order valence-corrected chi connectivity index (χ1v) is 7.75. The number of halogens is 2. The van der Waals surface area contributed by atoms with Gasteiger partial charge < -0.3 is 4.74 Å². The highest BCUT2D eigenvalue weighted by Gasteiger charge is 2.22. The number of rotatable bonds is 1. The average molecular weight is 335 g/mol. The highest BCUT2D eigenvalue weighted by Crippen LogP contribution is 2.38. The summed E-state index contributed by atoms with van der Waals surface area (Å²) < 4.78 is 34.3. The van der Waals surface area contributed by atoms with Crippen molar-refractivity contribution in [2.45, 2.75) is 6.61 Å². The molecule has 0 N–H and O–H groups in total. The molecule has 0 unspecified atom stereocenters. The van der Waals surface area contributed by atoms with E-state index in [1.807, 2.05) is 6.07 Å². The fourth-order valence-corrected chi connectivity index (χ4v) is 3.09. The standard InChI is InChI=1S/C19H11F2N3O/c20-13-3-1-11(2-4-13)16-8-18-22-9-12-10-25-17-6-5-14(21)7-15(17)19(12)24(18)23-16/h1-9H,10H2. The highest BCUT2D eigenvalue weighted by atomic mass is 19.1. The zero-order valence-corrected chi connectivity index (χ0v) is 12.9. The van der Waals surface area contributed by atoms with Gasteiger partial charge in [0, 0.05) is 29.0 Å². The van der Waals surface area contributed by atoms with Crippen molar-refractivity contribution in [3.8, 4) is 28.3 Å². The molecule has 0 radical (unpaired) electrons. The summed E-state index contributed by atoms with van der Waals surface area (Å²) in [7, 11) is 0. The third kappa shape index (κ3) is 2.18. The lowest BCUT2D eigenvalue weighted by Gasteiger charge is -2.20. The molecule has 1 aliphatic heterocycles. The lowest BCUT2D eigenvalue weighted by atomic mass is 10.0. The predicted molar refractivity (Wildman–Crippen MR) is 88.1 cm³/mol. The van der Waals surface area contributed by atoms with Crippen molar-refractivity contribution < 1.29 is 13.5 Å². The summed E-state index contributed by atoms with van der Waals surface area (Å²) in [4.78, 5) is 4.41. The van der Waals surface area contributed by atoms with E-state index in [0.717, 1.165) is 16.8 Å². The van der Waals surface area contributed by atoms with Crippen LogP contribution in [0.5, 0.6) is 5.75 Å². The Morgan fingerprint density at radius 3 is 2.60 bits per heavy atom. The van der Waals surface area contributed by atoms with Crippen molar-refractivity contribution in [3.63, 3.8) is 0 Å². The van der Waals surface area contributed by atoms with Crippen LogP contribution in [0.3, 0.4) is 0 Å². The van der Waals surface area contributed by atoms with E-state index in [-0.39, 0.29) is 11.6 Å². The predicted octanol–water partition coefficient (Wildman–Crippen LogP) is 4.23. The van der Waals surface area contributed by atoms with Crippen molar-refractivity contribution in [3.05, 3.63) is 71.9 Å². The number of hydrogen-bond acceptors (Lipinski definition) is 3. The molecular weight excluding hydrogens is 324 g/mol. The Hall–Kier alpha value is -3.28. The smallest absolute Gasteiger partial charge is 0.156 e. The quantitative estimate of drug-likeness (QED) is 0.522. The Kier molecular flexibility index (Phi) is 2.88. The summed E-state index contributed by atoms with van der Waals surface area (Å²) in [5.41, 5.74) is 4.33. The van der Waals surface area contributed by atoms with Gasteiger partial charge in [-0.1, -0.05) is 0 Å². The molecule has 6 heteroatoms. The molecule has 5 rings (SSSR count). The number of nitrogens with zero attached hydrogens (tertiary/aromatic N) is 3. The van der Waals surface area contributed by atoms with Crippen molar-refractivity contribution in [1.82, 2.24) is 14.6 Å². The number of hydrogen-bond donors (Lipinski definition) is 0. The Morgan fingerprint density at radius 1 is 0.960 bits per heavy atom. The van der Waals surface area contributed by atoms with Crippen molar-refractivity contribution in [2.24, 2.45) is 0 Å². The van der Waals surface area contributed by atoms with Gasteiger partial charge in [-0.25, -0.2) is 18.3 Å². The molecule has 122 valence electrons. The number of fused-ring (bicyclic) bond motifs is 5. The second kappa shape index (κ2) is 5.11. The second-order valence-electron chi connectivity index (χ2n) is 5.87. The largest absolute Gasteiger partial charge is 0.488 e. The number of aromatic nitrogens is 3. The van der Waals surface area contributed by atoms with Crippen LogP contribution in [-0.2, 0) is 6.61 Å². The van der Waals surface area contributed by atoms with Gasteiger partial charge >= 0.3 is 0 Å². The molecule has 0 atom stereocenters. The Bertz CT molecular complexity index is 1120. The van der Waals surface area contributed by atoms with Crippen molar-refractivity contribution in [2.75, 3.05) is 0 Å². The molecule has 0 aliphatic carbocycles. The van der Waals surface area contributed by atoms with Crippen LogP contribution >= 0.6 is 0 Å². The van der Waals surface area contributed by atoms with Crippen LogP contribution in [0.4, 0.5) is 8.78 Å². The van der Waals surface area contributed by atoms with Gasteiger partial charge in [-0.3, -0.25) is 0 Å². The first-order chi connectivity index (χ1) is 12.2. The van der Waals surface area contributed by atoms with E-state index in [9.17, 15) is 8.78 Å². The third-order valence-electron chi connectivity index (χ3n) is 4.28. The van der Waals surface area contributed by atoms with Crippen LogP contribution < -0.4 is 4.74 Å². The molecular formula is C19H11F2N3O. The third-order valence-corrected chi connectivity index (χ3v) is 4.28. The summed E-state index contributed by atoms with van der Waals surface area (Å²) in [5.74, 6) is -0.0316. The Balaban J connectivity index is 1.76.